The number of halogens is 1. The van der Waals surface area contributed by atoms with Gasteiger partial charge in [0.15, 0.2) is 11.4 Å². The van der Waals surface area contributed by atoms with Crippen molar-refractivity contribution in [2.45, 2.75) is 56.7 Å². The number of anilines is 1. The van der Waals surface area contributed by atoms with Crippen molar-refractivity contribution in [3.63, 3.8) is 0 Å². The molecule has 0 unspecified atom stereocenters. The highest BCUT2D eigenvalue weighted by Crippen LogP contribution is 2.59. The van der Waals surface area contributed by atoms with Crippen molar-refractivity contribution in [1.82, 2.24) is 19.6 Å². The number of carbonyl (C=O) groups excluding carboxylic acids is 1. The molecule has 0 bridgehead atoms. The molecule has 2 N–H and O–H groups in total. The van der Waals surface area contributed by atoms with E-state index in [2.05, 4.69) is 15.6 Å². The van der Waals surface area contributed by atoms with E-state index in [0.717, 1.165) is 0 Å². The number of rotatable bonds is 8. The van der Waals surface area contributed by atoms with E-state index in [1.807, 2.05) is 6.92 Å². The van der Waals surface area contributed by atoms with Crippen LogP contribution in [0.3, 0.4) is 0 Å². The molecule has 4 heterocycles. The number of pyridine rings is 1. The fraction of sp³-hybridized carbons (Fsp3) is 0.462. The lowest BCUT2D eigenvalue weighted by atomic mass is 9.82. The smallest absolute Gasteiger partial charge is 0.297 e. The third kappa shape index (κ3) is 4.26. The Morgan fingerprint density at radius 1 is 1.29 bits per heavy atom. The van der Waals surface area contributed by atoms with Crippen LogP contribution < -0.4 is 15.6 Å². The highest BCUT2D eigenvalue weighted by atomic mass is 28.4. The zero-order valence-corrected chi connectivity index (χ0v) is 22.8. The van der Waals surface area contributed by atoms with Crippen LogP contribution in [0.15, 0.2) is 47.5 Å². The van der Waals surface area contributed by atoms with E-state index >= 15 is 4.11 Å². The summed E-state index contributed by atoms with van der Waals surface area (Å²) in [4.78, 5) is 26.5. The number of nitrogens with one attached hydrogen (secondary N) is 1. The van der Waals surface area contributed by atoms with Gasteiger partial charge < -0.3 is 24.0 Å². The lowest BCUT2D eigenvalue weighted by Gasteiger charge is -2.30. The van der Waals surface area contributed by atoms with E-state index < -0.39 is 31.6 Å². The maximum absolute atomic E-state index is 15.9. The Kier molecular flexibility index (Phi) is 6.74. The number of amides is 1. The molecule has 2 aromatic heterocycles. The van der Waals surface area contributed by atoms with E-state index in [0.29, 0.717) is 42.0 Å². The number of aromatic nitrogens is 4. The summed E-state index contributed by atoms with van der Waals surface area (Å²) < 4.78 is 30.8. The minimum Gasteiger partial charge on any atom is -0.491 e. The van der Waals surface area contributed by atoms with Gasteiger partial charge in [0, 0.05) is 60.4 Å². The molecule has 1 aromatic carbocycles. The Morgan fingerprint density at radius 3 is 2.79 bits per heavy atom. The van der Waals surface area contributed by atoms with E-state index in [1.54, 1.807) is 60.5 Å². The molecule has 2 aliphatic heterocycles. The average molecular weight is 542 g/mol. The van der Waals surface area contributed by atoms with Gasteiger partial charge in [0.1, 0.15) is 0 Å². The first-order valence-electron chi connectivity index (χ1n) is 12.7. The highest BCUT2D eigenvalue weighted by Gasteiger charge is 2.65. The highest BCUT2D eigenvalue weighted by molar-refractivity contribution is 6.72. The van der Waals surface area contributed by atoms with E-state index in [1.165, 1.54) is 11.7 Å². The topological polar surface area (TPSA) is 120 Å². The molecule has 5 rings (SSSR count). The fourth-order valence-corrected chi connectivity index (χ4v) is 8.59. The Morgan fingerprint density at radius 2 is 2.08 bits per heavy atom. The molecule has 1 spiro atoms. The van der Waals surface area contributed by atoms with Crippen LogP contribution >= 0.6 is 0 Å². The minimum absolute atomic E-state index is 0.0213. The number of benzene rings is 1. The fourth-order valence-electron chi connectivity index (χ4n) is 6.04. The number of nitrogens with zero attached hydrogens (tertiary/aromatic N) is 4. The van der Waals surface area contributed by atoms with Gasteiger partial charge in [0.25, 0.3) is 11.5 Å². The number of methoxy groups -OCH3 is 1. The van der Waals surface area contributed by atoms with Gasteiger partial charge in [-0.1, -0.05) is 12.1 Å². The quantitative estimate of drug-likeness (QED) is 0.332. The molecule has 0 radical (unpaired) electrons. The molecule has 0 aliphatic carbocycles. The molecule has 38 heavy (non-hydrogen) atoms. The van der Waals surface area contributed by atoms with Crippen LogP contribution in [0.1, 0.15) is 24.6 Å². The van der Waals surface area contributed by atoms with Crippen LogP contribution in [-0.4, -0.2) is 58.8 Å². The van der Waals surface area contributed by atoms with Crippen molar-refractivity contribution >= 4 is 20.0 Å². The van der Waals surface area contributed by atoms with Crippen molar-refractivity contribution in [3.05, 3.63) is 64.3 Å². The summed E-state index contributed by atoms with van der Waals surface area (Å²) in [5, 5.41) is 20.2. The van der Waals surface area contributed by atoms with Crippen LogP contribution in [0.2, 0.25) is 18.6 Å². The number of hydrogen-bond donors (Lipinski definition) is 2. The van der Waals surface area contributed by atoms with Crippen LogP contribution in [0, 0.1) is 5.92 Å². The number of aryl methyl sites for hydroxylation is 1. The molecule has 1 saturated heterocycles. The molecular weight excluding hydrogens is 509 g/mol. The van der Waals surface area contributed by atoms with Crippen molar-refractivity contribution in [3.8, 4) is 11.4 Å². The predicted molar refractivity (Wildman–Crippen MR) is 141 cm³/mol. The van der Waals surface area contributed by atoms with Gasteiger partial charge in [0.2, 0.25) is 8.41 Å². The van der Waals surface area contributed by atoms with Crippen molar-refractivity contribution < 1.29 is 23.5 Å². The van der Waals surface area contributed by atoms with Crippen LogP contribution in [0.25, 0.3) is 5.69 Å². The molecule has 2 aliphatic rings. The second-order valence-electron chi connectivity index (χ2n) is 10.4. The first-order chi connectivity index (χ1) is 18.1. The zero-order valence-electron chi connectivity index (χ0n) is 21.8. The Hall–Kier alpha value is -3.35. The monoisotopic (exact) mass is 541 g/mol. The number of aliphatic hydroxyl groups excluding tert-OH is 1. The minimum atomic E-state index is -3.29. The second kappa shape index (κ2) is 9.75. The number of aliphatic hydroxyl groups is 1. The number of hydrogen-bond acceptors (Lipinski definition) is 7. The SMILES string of the molecule is COc1cccn(-c2ccc3c(c2)[C@]2(O[C@@H](CCn4cc(CCO)nn4)[C@H]([Si](C)(C)F)[C@H]2C)C(=O)N3)c1=O. The third-order valence-corrected chi connectivity index (χ3v) is 10.2. The summed E-state index contributed by atoms with van der Waals surface area (Å²) in [5.41, 5.74) is 0.235. The van der Waals surface area contributed by atoms with Gasteiger partial charge in [0.05, 0.1) is 18.9 Å². The molecule has 1 amide bonds. The Bertz CT molecular complexity index is 1420. The maximum Gasteiger partial charge on any atom is 0.297 e. The van der Waals surface area contributed by atoms with E-state index in [4.69, 9.17) is 14.6 Å². The molecule has 1 fully saturated rings. The van der Waals surface area contributed by atoms with Crippen molar-refractivity contribution in [2.75, 3.05) is 19.0 Å². The van der Waals surface area contributed by atoms with Gasteiger partial charge in [-0.3, -0.25) is 18.8 Å². The molecule has 4 atom stereocenters. The van der Waals surface area contributed by atoms with Crippen LogP contribution in [-0.2, 0) is 28.1 Å². The summed E-state index contributed by atoms with van der Waals surface area (Å²) in [6.07, 6.45) is 3.71. The molecule has 0 saturated carbocycles. The Labute approximate surface area is 220 Å². The van der Waals surface area contributed by atoms with Crippen LogP contribution in [0.5, 0.6) is 5.75 Å². The summed E-state index contributed by atoms with van der Waals surface area (Å²) in [6, 6.07) is 8.57. The van der Waals surface area contributed by atoms with Crippen molar-refractivity contribution in [2.24, 2.45) is 5.92 Å². The summed E-state index contributed by atoms with van der Waals surface area (Å²) >= 11 is 0. The molecule has 3 aromatic rings. The molecule has 12 heteroatoms. The molecule has 10 nitrogen and oxygen atoms in total. The molecular formula is C26H32FN5O5Si. The lowest BCUT2D eigenvalue weighted by molar-refractivity contribution is -0.143. The zero-order chi connectivity index (χ0) is 27.2. The van der Waals surface area contributed by atoms with E-state index in [9.17, 15) is 9.59 Å². The average Bonchev–Trinajstić information content (AvgIpc) is 3.53. The van der Waals surface area contributed by atoms with E-state index in [-0.39, 0.29) is 23.8 Å². The van der Waals surface area contributed by atoms with Gasteiger partial charge in [-0.15, -0.1) is 5.10 Å². The van der Waals surface area contributed by atoms with Gasteiger partial charge in [-0.05, 0) is 49.8 Å². The number of fused-ring (bicyclic) bond motifs is 2. The largest absolute Gasteiger partial charge is 0.491 e. The van der Waals surface area contributed by atoms with Gasteiger partial charge in [-0.2, -0.15) is 0 Å². The standard InChI is InChI=1S/C26H32FN5O5Si/c1-16-23(38(3,4)27)21(9-12-31-15-17(10-13-33)29-30-31)37-26(16)19-14-18(7-8-20(19)28-25(26)35)32-11-5-6-22(36-2)24(32)34/h5-8,11,14-16,21,23,33H,9-10,12-13H2,1-4H3,(H,28,35)/t16-,21+,23-,26+/m1/s1. The first-order valence-corrected chi connectivity index (χ1v) is 15.6. The van der Waals surface area contributed by atoms with Gasteiger partial charge >= 0.3 is 0 Å². The third-order valence-electron chi connectivity index (χ3n) is 7.71. The number of ether oxygens (including phenoxy) is 2. The number of carbonyl (C=O) groups is 1. The summed E-state index contributed by atoms with van der Waals surface area (Å²) in [7, 11) is -1.86. The Balaban J connectivity index is 1.52. The van der Waals surface area contributed by atoms with Gasteiger partial charge in [-0.25, -0.2) is 0 Å². The normalized spacial score (nSPS) is 24.6. The first kappa shape index (κ1) is 26.3. The van der Waals surface area contributed by atoms with Crippen LogP contribution in [0.4, 0.5) is 9.80 Å². The summed E-state index contributed by atoms with van der Waals surface area (Å²) in [6.45, 7) is 5.59. The van der Waals surface area contributed by atoms with Crippen molar-refractivity contribution in [1.29, 1.82) is 0 Å². The summed E-state index contributed by atoms with van der Waals surface area (Å²) in [5.74, 6) is -0.576. The predicted octanol–water partition coefficient (Wildman–Crippen LogP) is 2.79. The molecule has 202 valence electrons. The lowest BCUT2D eigenvalue weighted by Crippen LogP contribution is -2.42. The second-order valence-corrected chi connectivity index (χ2v) is 14.2. The maximum atomic E-state index is 15.9.